The van der Waals surface area contributed by atoms with Crippen molar-refractivity contribution >= 4 is 34.8 Å². The SMILES string of the molecule is COC(C)C(C(=O)N(C)C)N(C(=O)C1CCC(C)CC1)c1cc(C#CC(C)(C)C)sc1C(=O)O. The van der Waals surface area contributed by atoms with Crippen LogP contribution in [0.4, 0.5) is 5.69 Å². The van der Waals surface area contributed by atoms with E-state index >= 15 is 0 Å². The topological polar surface area (TPSA) is 87.2 Å². The van der Waals surface area contributed by atoms with Crippen molar-refractivity contribution in [1.82, 2.24) is 4.90 Å². The number of methoxy groups -OCH3 is 1. The lowest BCUT2D eigenvalue weighted by molar-refractivity contribution is -0.136. The summed E-state index contributed by atoms with van der Waals surface area (Å²) in [5.41, 5.74) is -0.0565. The van der Waals surface area contributed by atoms with Crippen LogP contribution in [0.25, 0.3) is 0 Å². The van der Waals surface area contributed by atoms with Crippen molar-refractivity contribution < 1.29 is 24.2 Å². The minimum absolute atomic E-state index is 0.00408. The van der Waals surface area contributed by atoms with Gasteiger partial charge in [0.2, 0.25) is 11.8 Å². The van der Waals surface area contributed by atoms with E-state index in [1.165, 1.54) is 16.9 Å². The van der Waals surface area contributed by atoms with Crippen LogP contribution in [-0.4, -0.2) is 61.1 Å². The van der Waals surface area contributed by atoms with E-state index < -0.39 is 18.1 Å². The molecule has 1 saturated carbocycles. The van der Waals surface area contributed by atoms with Crippen LogP contribution in [0, 0.1) is 29.1 Å². The first-order valence-electron chi connectivity index (χ1n) is 11.7. The highest BCUT2D eigenvalue weighted by Gasteiger charge is 2.42. The normalized spacial score (nSPS) is 20.0. The van der Waals surface area contributed by atoms with Crippen molar-refractivity contribution in [2.45, 2.75) is 72.4 Å². The van der Waals surface area contributed by atoms with Crippen LogP contribution in [0.1, 0.15) is 74.9 Å². The highest BCUT2D eigenvalue weighted by molar-refractivity contribution is 7.15. The standard InChI is InChI=1S/C26H38N2O5S/c1-16-9-11-18(12-10-16)23(29)28(21(17(2)33-8)24(30)27(6)7)20-15-19(13-14-26(3,4)5)34-22(20)25(31)32/h15-18,21H,9-12H2,1-8H3,(H,31,32). The van der Waals surface area contributed by atoms with Gasteiger partial charge in [-0.25, -0.2) is 4.79 Å². The van der Waals surface area contributed by atoms with E-state index in [0.717, 1.165) is 24.2 Å². The average Bonchev–Trinajstić information content (AvgIpc) is 3.18. The fourth-order valence-electron chi connectivity index (χ4n) is 4.05. The summed E-state index contributed by atoms with van der Waals surface area (Å²) in [7, 11) is 4.72. The predicted molar refractivity (Wildman–Crippen MR) is 135 cm³/mol. The molecule has 1 N–H and O–H groups in total. The van der Waals surface area contributed by atoms with Crippen molar-refractivity contribution in [1.29, 1.82) is 0 Å². The Morgan fingerprint density at radius 2 is 1.76 bits per heavy atom. The molecule has 2 atom stereocenters. The second-order valence-electron chi connectivity index (χ2n) is 10.4. The number of carboxylic acid groups (broad SMARTS) is 1. The molecule has 34 heavy (non-hydrogen) atoms. The molecule has 2 rings (SSSR count). The van der Waals surface area contributed by atoms with E-state index in [4.69, 9.17) is 4.74 Å². The van der Waals surface area contributed by atoms with Gasteiger partial charge in [0, 0.05) is 32.5 Å². The number of hydrogen-bond acceptors (Lipinski definition) is 5. The number of rotatable bonds is 7. The summed E-state index contributed by atoms with van der Waals surface area (Å²) in [6, 6.07) is 0.636. The van der Waals surface area contributed by atoms with Gasteiger partial charge in [-0.1, -0.05) is 18.8 Å². The van der Waals surface area contributed by atoms with Gasteiger partial charge in [0.05, 0.1) is 16.7 Å². The van der Waals surface area contributed by atoms with E-state index in [0.29, 0.717) is 23.6 Å². The Hall–Kier alpha value is -2.37. The molecule has 1 aromatic rings. The van der Waals surface area contributed by atoms with Crippen molar-refractivity contribution in [3.63, 3.8) is 0 Å². The van der Waals surface area contributed by atoms with Crippen LogP contribution in [0.15, 0.2) is 6.07 Å². The zero-order valence-electron chi connectivity index (χ0n) is 21.6. The fraction of sp³-hybridized carbons (Fsp3) is 0.654. The first-order valence-corrected chi connectivity index (χ1v) is 12.6. The Bertz CT molecular complexity index is 958. The van der Waals surface area contributed by atoms with Crippen LogP contribution in [0.3, 0.4) is 0 Å². The molecule has 0 aromatic carbocycles. The Balaban J connectivity index is 2.70. The van der Waals surface area contributed by atoms with Gasteiger partial charge in [0.15, 0.2) is 0 Å². The first-order chi connectivity index (χ1) is 15.8. The summed E-state index contributed by atoms with van der Waals surface area (Å²) in [6.45, 7) is 9.81. The summed E-state index contributed by atoms with van der Waals surface area (Å²) in [5.74, 6) is 4.74. The lowest BCUT2D eigenvalue weighted by Crippen LogP contribution is -2.57. The summed E-state index contributed by atoms with van der Waals surface area (Å²) in [6.07, 6.45) is 2.63. The third kappa shape index (κ3) is 6.83. The van der Waals surface area contributed by atoms with Crippen LogP contribution in [0.5, 0.6) is 0 Å². The number of aromatic carboxylic acids is 1. The molecule has 0 aliphatic heterocycles. The highest BCUT2D eigenvalue weighted by Crippen LogP contribution is 2.37. The molecule has 8 heteroatoms. The maximum Gasteiger partial charge on any atom is 0.348 e. The van der Waals surface area contributed by atoms with Crippen LogP contribution in [-0.2, 0) is 14.3 Å². The molecule has 188 valence electrons. The Labute approximate surface area is 207 Å². The number of carbonyl (C=O) groups is 3. The molecule has 1 heterocycles. The van der Waals surface area contributed by atoms with Gasteiger partial charge in [0.25, 0.3) is 0 Å². The largest absolute Gasteiger partial charge is 0.477 e. The number of thiophene rings is 1. The molecule has 0 radical (unpaired) electrons. The van der Waals surface area contributed by atoms with Gasteiger partial charge in [0.1, 0.15) is 10.9 Å². The van der Waals surface area contributed by atoms with Crippen LogP contribution < -0.4 is 4.90 Å². The molecule has 1 aliphatic rings. The van der Waals surface area contributed by atoms with Gasteiger partial charge in [-0.3, -0.25) is 14.5 Å². The molecular weight excluding hydrogens is 452 g/mol. The summed E-state index contributed by atoms with van der Waals surface area (Å²) in [4.78, 5) is 42.9. The molecule has 0 saturated heterocycles. The first kappa shape index (κ1) is 27.9. The van der Waals surface area contributed by atoms with Gasteiger partial charge in [-0.05, 0) is 65.4 Å². The number of carbonyl (C=O) groups excluding carboxylic acids is 2. The Morgan fingerprint density at radius 3 is 2.24 bits per heavy atom. The van der Waals surface area contributed by atoms with Crippen molar-refractivity contribution in [3.05, 3.63) is 15.8 Å². The Morgan fingerprint density at radius 1 is 1.18 bits per heavy atom. The highest BCUT2D eigenvalue weighted by atomic mass is 32.1. The van der Waals surface area contributed by atoms with E-state index in [9.17, 15) is 19.5 Å². The number of nitrogens with zero attached hydrogens (tertiary/aromatic N) is 2. The van der Waals surface area contributed by atoms with E-state index in [2.05, 4.69) is 18.8 Å². The van der Waals surface area contributed by atoms with Gasteiger partial charge in [-0.15, -0.1) is 11.3 Å². The number of amides is 2. The zero-order valence-corrected chi connectivity index (χ0v) is 22.4. The molecular formula is C26H38N2O5S. The summed E-state index contributed by atoms with van der Waals surface area (Å²) in [5, 5.41) is 10.0. The minimum Gasteiger partial charge on any atom is -0.477 e. The number of hydrogen-bond donors (Lipinski definition) is 1. The van der Waals surface area contributed by atoms with Crippen molar-refractivity contribution in [2.75, 3.05) is 26.1 Å². The molecule has 0 spiro atoms. The van der Waals surface area contributed by atoms with Crippen molar-refractivity contribution in [2.24, 2.45) is 17.3 Å². The summed E-state index contributed by atoms with van der Waals surface area (Å²) < 4.78 is 5.53. The number of likely N-dealkylation sites (N-methyl/N-ethyl adjacent to an activating group) is 1. The average molecular weight is 491 g/mol. The molecule has 2 amide bonds. The van der Waals surface area contributed by atoms with Crippen LogP contribution >= 0.6 is 11.3 Å². The van der Waals surface area contributed by atoms with E-state index in [1.54, 1.807) is 27.1 Å². The maximum absolute atomic E-state index is 14.0. The Kier molecular flexibility index (Phi) is 9.32. The van der Waals surface area contributed by atoms with E-state index in [-0.39, 0.29) is 33.7 Å². The molecule has 1 aliphatic carbocycles. The minimum atomic E-state index is -1.15. The van der Waals surface area contributed by atoms with Gasteiger partial charge >= 0.3 is 5.97 Å². The quantitative estimate of drug-likeness (QED) is 0.569. The molecule has 2 unspecified atom stereocenters. The zero-order chi connectivity index (χ0) is 25.8. The second kappa shape index (κ2) is 11.4. The second-order valence-corrected chi connectivity index (χ2v) is 11.5. The van der Waals surface area contributed by atoms with E-state index in [1.807, 2.05) is 20.8 Å². The molecule has 0 bridgehead atoms. The fourth-order valence-corrected chi connectivity index (χ4v) is 4.89. The third-order valence-corrected chi connectivity index (χ3v) is 7.15. The number of anilines is 1. The molecule has 7 nitrogen and oxygen atoms in total. The smallest absolute Gasteiger partial charge is 0.348 e. The summed E-state index contributed by atoms with van der Waals surface area (Å²) >= 11 is 1.03. The maximum atomic E-state index is 14.0. The lowest BCUT2D eigenvalue weighted by Gasteiger charge is -2.38. The van der Waals surface area contributed by atoms with Gasteiger partial charge in [-0.2, -0.15) is 0 Å². The van der Waals surface area contributed by atoms with Crippen molar-refractivity contribution in [3.8, 4) is 11.8 Å². The predicted octanol–water partition coefficient (Wildman–Crippen LogP) is 4.49. The number of ether oxygens (including phenoxy) is 1. The number of carboxylic acids is 1. The monoisotopic (exact) mass is 490 g/mol. The third-order valence-electron chi connectivity index (χ3n) is 6.12. The molecule has 1 aromatic heterocycles. The lowest BCUT2D eigenvalue weighted by atomic mass is 9.82. The molecule has 1 fully saturated rings. The van der Waals surface area contributed by atoms with Gasteiger partial charge < -0.3 is 14.7 Å². The van der Waals surface area contributed by atoms with Crippen LogP contribution in [0.2, 0.25) is 0 Å².